The minimum absolute atomic E-state index is 0.0147. The van der Waals surface area contributed by atoms with Gasteiger partial charge in [-0.2, -0.15) is 5.10 Å². The summed E-state index contributed by atoms with van der Waals surface area (Å²) in [6, 6.07) is 0.0945. The standard InChI is InChI=1S/C18H28N4O3/c23-17(22-9-5-2-6-16(22)14-10-20-21-11-14)19-12-15-13-24-18(25-15)7-3-1-4-8-18/h10-11,15-16H,1-9,12-13H2,(H,19,23)(H,20,21)/t15-,16-/m0/s1. The van der Waals surface area contributed by atoms with Gasteiger partial charge in [0.2, 0.25) is 0 Å². The molecule has 4 rings (SSSR count). The predicted molar refractivity (Wildman–Crippen MR) is 91.9 cm³/mol. The largest absolute Gasteiger partial charge is 0.347 e. The highest BCUT2D eigenvalue weighted by Gasteiger charge is 2.42. The van der Waals surface area contributed by atoms with Crippen LogP contribution in [0.3, 0.4) is 0 Å². The average Bonchev–Trinajstić information content (AvgIpc) is 3.31. The molecule has 3 heterocycles. The molecule has 25 heavy (non-hydrogen) atoms. The van der Waals surface area contributed by atoms with Gasteiger partial charge in [0.15, 0.2) is 5.79 Å². The molecule has 1 aliphatic carbocycles. The third-order valence-corrected chi connectivity index (χ3v) is 5.68. The van der Waals surface area contributed by atoms with E-state index in [9.17, 15) is 4.79 Å². The number of piperidine rings is 1. The highest BCUT2D eigenvalue weighted by Crippen LogP contribution is 2.37. The number of hydrogen-bond acceptors (Lipinski definition) is 4. The lowest BCUT2D eigenvalue weighted by molar-refractivity contribution is -0.186. The van der Waals surface area contributed by atoms with Crippen molar-refractivity contribution in [2.75, 3.05) is 19.7 Å². The van der Waals surface area contributed by atoms with E-state index in [-0.39, 0.29) is 24.0 Å². The zero-order valence-electron chi connectivity index (χ0n) is 14.7. The first-order chi connectivity index (χ1) is 12.3. The molecule has 2 saturated heterocycles. The van der Waals surface area contributed by atoms with Crippen LogP contribution in [-0.4, -0.2) is 52.7 Å². The van der Waals surface area contributed by atoms with Crippen LogP contribution in [0, 0.1) is 0 Å². The van der Waals surface area contributed by atoms with E-state index in [1.807, 2.05) is 17.3 Å². The van der Waals surface area contributed by atoms with Crippen LogP contribution < -0.4 is 5.32 Å². The molecule has 1 aromatic heterocycles. The minimum atomic E-state index is -0.377. The quantitative estimate of drug-likeness (QED) is 0.880. The maximum Gasteiger partial charge on any atom is 0.318 e. The Morgan fingerprint density at radius 1 is 1.32 bits per heavy atom. The monoisotopic (exact) mass is 348 g/mol. The van der Waals surface area contributed by atoms with E-state index < -0.39 is 0 Å². The van der Waals surface area contributed by atoms with Gasteiger partial charge in [0.1, 0.15) is 6.10 Å². The Morgan fingerprint density at radius 3 is 3.00 bits per heavy atom. The molecule has 7 nitrogen and oxygen atoms in total. The molecule has 0 unspecified atom stereocenters. The van der Waals surface area contributed by atoms with Crippen molar-refractivity contribution in [2.45, 2.75) is 69.3 Å². The summed E-state index contributed by atoms with van der Waals surface area (Å²) in [5.74, 6) is -0.377. The molecule has 1 aromatic rings. The topological polar surface area (TPSA) is 79.5 Å². The first-order valence-electron chi connectivity index (χ1n) is 9.61. The van der Waals surface area contributed by atoms with Crippen LogP contribution in [0.15, 0.2) is 12.4 Å². The van der Waals surface area contributed by atoms with Crippen molar-refractivity contribution >= 4 is 6.03 Å². The molecule has 0 radical (unpaired) electrons. The first kappa shape index (κ1) is 16.8. The molecular weight excluding hydrogens is 320 g/mol. The van der Waals surface area contributed by atoms with Crippen LogP contribution in [0.1, 0.15) is 63.0 Å². The van der Waals surface area contributed by atoms with Crippen molar-refractivity contribution in [3.05, 3.63) is 18.0 Å². The number of aromatic amines is 1. The Hall–Kier alpha value is -1.60. The Bertz CT molecular complexity index is 571. The summed E-state index contributed by atoms with van der Waals surface area (Å²) >= 11 is 0. The fraction of sp³-hybridized carbons (Fsp3) is 0.778. The molecule has 7 heteroatoms. The van der Waals surface area contributed by atoms with Crippen LogP contribution in [0.4, 0.5) is 4.79 Å². The summed E-state index contributed by atoms with van der Waals surface area (Å²) in [7, 11) is 0. The molecule has 2 N–H and O–H groups in total. The molecule has 2 atom stereocenters. The molecule has 2 aliphatic heterocycles. The molecular formula is C18H28N4O3. The SMILES string of the molecule is O=C(NC[C@H]1COC2(CCCCC2)O1)N1CCCC[C@H]1c1cn[nH]c1. The number of nitrogens with one attached hydrogen (secondary N) is 2. The van der Waals surface area contributed by atoms with Crippen molar-refractivity contribution < 1.29 is 14.3 Å². The van der Waals surface area contributed by atoms with E-state index in [1.54, 1.807) is 0 Å². The highest BCUT2D eigenvalue weighted by molar-refractivity contribution is 5.74. The number of nitrogens with zero attached hydrogens (tertiary/aromatic N) is 2. The van der Waals surface area contributed by atoms with Crippen LogP contribution in [0.5, 0.6) is 0 Å². The van der Waals surface area contributed by atoms with Crippen molar-refractivity contribution in [1.82, 2.24) is 20.4 Å². The summed E-state index contributed by atoms with van der Waals surface area (Å²) in [5, 5.41) is 9.94. The fourth-order valence-electron chi connectivity index (χ4n) is 4.34. The second kappa shape index (κ2) is 7.33. The lowest BCUT2D eigenvalue weighted by Crippen LogP contribution is -2.47. The third kappa shape index (κ3) is 3.67. The van der Waals surface area contributed by atoms with Crippen LogP contribution in [0.25, 0.3) is 0 Å². The number of hydrogen-bond donors (Lipinski definition) is 2. The van der Waals surface area contributed by atoms with Gasteiger partial charge in [0, 0.05) is 37.7 Å². The van der Waals surface area contributed by atoms with Gasteiger partial charge in [-0.15, -0.1) is 0 Å². The van der Waals surface area contributed by atoms with E-state index in [0.29, 0.717) is 13.2 Å². The van der Waals surface area contributed by atoms with Crippen LogP contribution >= 0.6 is 0 Å². The zero-order valence-corrected chi connectivity index (χ0v) is 14.7. The smallest absolute Gasteiger partial charge is 0.318 e. The maximum atomic E-state index is 12.7. The number of rotatable bonds is 3. The number of carbonyl (C=O) groups excluding carboxylic acids is 1. The molecule has 0 aromatic carbocycles. The predicted octanol–water partition coefficient (Wildman–Crippen LogP) is 2.72. The molecule has 0 bridgehead atoms. The number of ether oxygens (including phenoxy) is 2. The lowest BCUT2D eigenvalue weighted by atomic mass is 9.94. The maximum absolute atomic E-state index is 12.7. The second-order valence-electron chi connectivity index (χ2n) is 7.44. The Balaban J connectivity index is 1.31. The number of carbonyl (C=O) groups is 1. The molecule has 3 aliphatic rings. The van der Waals surface area contributed by atoms with Gasteiger partial charge >= 0.3 is 6.03 Å². The molecule has 1 spiro atoms. The van der Waals surface area contributed by atoms with Gasteiger partial charge in [0.25, 0.3) is 0 Å². The second-order valence-corrected chi connectivity index (χ2v) is 7.44. The van der Waals surface area contributed by atoms with Crippen molar-refractivity contribution in [3.8, 4) is 0 Å². The van der Waals surface area contributed by atoms with Gasteiger partial charge in [0.05, 0.1) is 18.8 Å². The molecule has 138 valence electrons. The normalized spacial score (nSPS) is 29.0. The number of likely N-dealkylation sites (tertiary alicyclic amines) is 1. The van der Waals surface area contributed by atoms with Crippen LogP contribution in [0.2, 0.25) is 0 Å². The van der Waals surface area contributed by atoms with E-state index in [4.69, 9.17) is 9.47 Å². The summed E-state index contributed by atoms with van der Waals surface area (Å²) in [6.45, 7) is 1.87. The first-order valence-corrected chi connectivity index (χ1v) is 9.61. The van der Waals surface area contributed by atoms with Crippen molar-refractivity contribution in [1.29, 1.82) is 0 Å². The lowest BCUT2D eigenvalue weighted by Gasteiger charge is -2.35. The van der Waals surface area contributed by atoms with Gasteiger partial charge < -0.3 is 19.7 Å². The van der Waals surface area contributed by atoms with Crippen molar-refractivity contribution in [3.63, 3.8) is 0 Å². The fourth-order valence-corrected chi connectivity index (χ4v) is 4.34. The average molecular weight is 348 g/mol. The molecule has 1 saturated carbocycles. The van der Waals surface area contributed by atoms with E-state index >= 15 is 0 Å². The zero-order chi connectivity index (χ0) is 17.1. The van der Waals surface area contributed by atoms with E-state index in [0.717, 1.165) is 44.2 Å². The van der Waals surface area contributed by atoms with E-state index in [1.165, 1.54) is 19.3 Å². The number of amides is 2. The van der Waals surface area contributed by atoms with Gasteiger partial charge in [-0.3, -0.25) is 5.10 Å². The van der Waals surface area contributed by atoms with Crippen molar-refractivity contribution in [2.24, 2.45) is 0 Å². The summed E-state index contributed by atoms with van der Waals surface area (Å²) < 4.78 is 12.1. The molecule has 3 fully saturated rings. The summed E-state index contributed by atoms with van der Waals surface area (Å²) in [6.07, 6.45) is 12.4. The number of aromatic nitrogens is 2. The minimum Gasteiger partial charge on any atom is -0.347 e. The summed E-state index contributed by atoms with van der Waals surface area (Å²) in [5.41, 5.74) is 1.08. The molecule has 2 amide bonds. The highest BCUT2D eigenvalue weighted by atomic mass is 16.7. The number of H-pyrrole nitrogens is 1. The number of urea groups is 1. The van der Waals surface area contributed by atoms with E-state index in [2.05, 4.69) is 15.5 Å². The summed E-state index contributed by atoms with van der Waals surface area (Å²) in [4.78, 5) is 14.6. The van der Waals surface area contributed by atoms with Crippen LogP contribution in [-0.2, 0) is 9.47 Å². The van der Waals surface area contributed by atoms with Gasteiger partial charge in [-0.25, -0.2) is 4.79 Å². The Morgan fingerprint density at radius 2 is 2.20 bits per heavy atom. The Labute approximate surface area is 148 Å². The van der Waals surface area contributed by atoms with Gasteiger partial charge in [-0.05, 0) is 32.1 Å². The third-order valence-electron chi connectivity index (χ3n) is 5.68. The Kier molecular flexibility index (Phi) is 4.94. The van der Waals surface area contributed by atoms with Gasteiger partial charge in [-0.1, -0.05) is 6.42 Å².